The van der Waals surface area contributed by atoms with E-state index in [2.05, 4.69) is 0 Å². The molecule has 6 nitrogen and oxygen atoms in total. The number of carbonyl (C=O) groups is 2. The van der Waals surface area contributed by atoms with Gasteiger partial charge in [0, 0.05) is 23.1 Å². The van der Waals surface area contributed by atoms with E-state index in [1.165, 1.54) is 0 Å². The molecule has 6 heterocycles. The van der Waals surface area contributed by atoms with Crippen LogP contribution in [0.3, 0.4) is 0 Å². The highest BCUT2D eigenvalue weighted by atomic mass is 16.6. The highest BCUT2D eigenvalue weighted by molar-refractivity contribution is 6.11. The molecular formula is C18H12O6. The van der Waals surface area contributed by atoms with Crippen molar-refractivity contribution in [1.82, 2.24) is 0 Å². The van der Waals surface area contributed by atoms with Crippen LogP contribution in [0.25, 0.3) is 11.2 Å². The number of ether oxygens (including phenoxy) is 2. The second-order valence-electron chi connectivity index (χ2n) is 7.02. The predicted molar refractivity (Wildman–Crippen MR) is 79.9 cm³/mol. The molecule has 3 aromatic heterocycles. The van der Waals surface area contributed by atoms with Crippen molar-refractivity contribution in [2.24, 2.45) is 0 Å². The molecule has 0 aromatic carbocycles. The van der Waals surface area contributed by atoms with Gasteiger partial charge in [0.2, 0.25) is 0 Å². The number of aryl methyl sites for hydroxylation is 2. The quantitative estimate of drug-likeness (QED) is 0.689. The maximum Gasteiger partial charge on any atom is 0.348 e. The molecule has 6 rings (SSSR count). The Morgan fingerprint density at radius 2 is 1.79 bits per heavy atom. The minimum Gasteiger partial charge on any atom is -0.460 e. The summed E-state index contributed by atoms with van der Waals surface area (Å²) >= 11 is 0. The summed E-state index contributed by atoms with van der Waals surface area (Å²) in [6.07, 6.45) is 1.80. The van der Waals surface area contributed by atoms with E-state index in [9.17, 15) is 9.59 Å². The number of hydrogen-bond acceptors (Lipinski definition) is 6. The third kappa shape index (κ3) is 1.13. The Hall–Kier alpha value is -2.76. The van der Waals surface area contributed by atoms with E-state index in [0.717, 1.165) is 28.0 Å². The molecule has 3 aliphatic rings. The first kappa shape index (κ1) is 12.6. The number of fused-ring (bicyclic) bond motifs is 2. The average molecular weight is 324 g/mol. The zero-order valence-corrected chi connectivity index (χ0v) is 13.1. The van der Waals surface area contributed by atoms with E-state index in [4.69, 9.17) is 18.3 Å². The number of esters is 2. The van der Waals surface area contributed by atoms with Crippen LogP contribution in [-0.4, -0.2) is 11.9 Å². The summed E-state index contributed by atoms with van der Waals surface area (Å²) in [6, 6.07) is 0. The summed E-state index contributed by atoms with van der Waals surface area (Å²) in [7, 11) is 0. The largest absolute Gasteiger partial charge is 0.460 e. The van der Waals surface area contributed by atoms with E-state index in [-0.39, 0.29) is 11.9 Å². The molecule has 1 atom stereocenters. The van der Waals surface area contributed by atoms with Crippen LogP contribution < -0.4 is 9.47 Å². The van der Waals surface area contributed by atoms with E-state index < -0.39 is 5.41 Å². The van der Waals surface area contributed by atoms with Crippen LogP contribution in [0, 0.1) is 6.92 Å². The Morgan fingerprint density at radius 3 is 2.62 bits per heavy atom. The fourth-order valence-corrected chi connectivity index (χ4v) is 4.31. The summed E-state index contributed by atoms with van der Waals surface area (Å²) in [5.41, 5.74) is 3.89. The molecule has 0 amide bonds. The summed E-state index contributed by atoms with van der Waals surface area (Å²) in [5.74, 6) is 2.03. The summed E-state index contributed by atoms with van der Waals surface area (Å²) in [5, 5.41) is 0. The zero-order chi connectivity index (χ0) is 16.4. The van der Waals surface area contributed by atoms with Crippen molar-refractivity contribution >= 4 is 23.1 Å². The van der Waals surface area contributed by atoms with Gasteiger partial charge in [-0.15, -0.1) is 0 Å². The predicted octanol–water partition coefficient (Wildman–Crippen LogP) is 2.82. The Balaban J connectivity index is 1.39. The van der Waals surface area contributed by atoms with Gasteiger partial charge in [0.1, 0.15) is 22.3 Å². The molecule has 0 fully saturated rings. The van der Waals surface area contributed by atoms with Gasteiger partial charge in [-0.2, -0.15) is 0 Å². The Bertz CT molecular complexity index is 1100. The van der Waals surface area contributed by atoms with Crippen LogP contribution in [0.4, 0.5) is 0 Å². The van der Waals surface area contributed by atoms with Crippen LogP contribution in [-0.2, 0) is 29.5 Å². The molecule has 0 N–H and O–H groups in total. The lowest BCUT2D eigenvalue weighted by Crippen LogP contribution is -2.29. The van der Waals surface area contributed by atoms with Crippen molar-refractivity contribution < 1.29 is 27.9 Å². The Kier molecular flexibility index (Phi) is 1.85. The number of hydrogen-bond donors (Lipinski definition) is 0. The van der Waals surface area contributed by atoms with Gasteiger partial charge in [-0.1, -0.05) is 0 Å². The molecule has 4 bridgehead atoms. The topological polar surface area (TPSA) is 78.9 Å². The first-order chi connectivity index (χ1) is 11.5. The number of rotatable bonds is 3. The third-order valence-corrected chi connectivity index (χ3v) is 5.62. The van der Waals surface area contributed by atoms with Crippen molar-refractivity contribution in [2.45, 2.75) is 38.5 Å². The summed E-state index contributed by atoms with van der Waals surface area (Å²) in [6.45, 7) is 3.75. The van der Waals surface area contributed by atoms with Gasteiger partial charge in [0.25, 0.3) is 0 Å². The molecule has 24 heavy (non-hydrogen) atoms. The molecule has 0 saturated carbocycles. The van der Waals surface area contributed by atoms with Crippen molar-refractivity contribution in [3.8, 4) is 11.5 Å². The molecule has 0 radical (unpaired) electrons. The first-order valence-corrected chi connectivity index (χ1v) is 7.96. The smallest absolute Gasteiger partial charge is 0.348 e. The van der Waals surface area contributed by atoms with Gasteiger partial charge in [-0.25, -0.2) is 4.79 Å². The van der Waals surface area contributed by atoms with E-state index in [1.807, 2.05) is 13.8 Å². The molecule has 0 aliphatic carbocycles. The number of carbonyl (C=O) groups excluding carboxylic acids is 2. The summed E-state index contributed by atoms with van der Waals surface area (Å²) < 4.78 is 22.2. The molecule has 3 aliphatic heterocycles. The lowest BCUT2D eigenvalue weighted by atomic mass is 9.81. The maximum absolute atomic E-state index is 12.0. The van der Waals surface area contributed by atoms with Gasteiger partial charge >= 0.3 is 11.9 Å². The van der Waals surface area contributed by atoms with Crippen LogP contribution in [0.1, 0.15) is 45.5 Å². The average Bonchev–Trinajstić information content (AvgIpc) is 3.29. The van der Waals surface area contributed by atoms with Crippen LogP contribution in [0.15, 0.2) is 8.83 Å². The lowest BCUT2D eigenvalue weighted by Gasteiger charge is -2.11. The standard InChI is InChI=1S/C18H12O6/c1-6-11-8(10-14(22-11)12(6)23-16(10)19)4-3-7-9-5-18(2)15(21-9)13(7)24-17(18)20/h3-5H2,1-2H3/t18-/m1/s1. The van der Waals surface area contributed by atoms with Crippen LogP contribution >= 0.6 is 0 Å². The second-order valence-corrected chi connectivity index (χ2v) is 7.02. The molecule has 3 aromatic rings. The zero-order valence-electron chi connectivity index (χ0n) is 13.1. The Morgan fingerprint density at radius 1 is 1.00 bits per heavy atom. The fourth-order valence-electron chi connectivity index (χ4n) is 4.31. The molecule has 6 heteroatoms. The first-order valence-electron chi connectivity index (χ1n) is 7.96. The monoisotopic (exact) mass is 324 g/mol. The highest BCUT2D eigenvalue weighted by Crippen LogP contribution is 2.54. The molecule has 0 spiro atoms. The maximum atomic E-state index is 12.0. The fraction of sp³-hybridized carbons (Fsp3) is 0.333. The van der Waals surface area contributed by atoms with Crippen molar-refractivity contribution in [3.63, 3.8) is 0 Å². The van der Waals surface area contributed by atoms with Gasteiger partial charge in [0.05, 0.1) is 0 Å². The minimum atomic E-state index is -0.639. The molecule has 0 saturated heterocycles. The van der Waals surface area contributed by atoms with Gasteiger partial charge < -0.3 is 18.3 Å². The van der Waals surface area contributed by atoms with Gasteiger partial charge in [-0.05, 0) is 26.7 Å². The SMILES string of the molecule is Cc1c2c3oc1c(CCc1c4oc5c1OC(=O)[C@]5(C)C4)c3C(=O)O2. The molecule has 0 unspecified atom stereocenters. The Labute approximate surface area is 135 Å². The summed E-state index contributed by atoms with van der Waals surface area (Å²) in [4.78, 5) is 24.1. The van der Waals surface area contributed by atoms with Gasteiger partial charge in [-0.3, -0.25) is 4.79 Å². The van der Waals surface area contributed by atoms with Crippen molar-refractivity contribution in [2.75, 3.05) is 0 Å². The number of furan rings is 3. The van der Waals surface area contributed by atoms with E-state index >= 15 is 0 Å². The van der Waals surface area contributed by atoms with E-state index in [0.29, 0.717) is 47.7 Å². The van der Waals surface area contributed by atoms with Crippen LogP contribution in [0.2, 0.25) is 0 Å². The van der Waals surface area contributed by atoms with Crippen molar-refractivity contribution in [1.29, 1.82) is 0 Å². The van der Waals surface area contributed by atoms with Gasteiger partial charge in [0.15, 0.2) is 22.8 Å². The van der Waals surface area contributed by atoms with E-state index in [1.54, 1.807) is 0 Å². The number of benzene rings is 1. The van der Waals surface area contributed by atoms with Crippen LogP contribution in [0.5, 0.6) is 11.5 Å². The highest BCUT2D eigenvalue weighted by Gasteiger charge is 2.56. The lowest BCUT2D eigenvalue weighted by molar-refractivity contribution is -0.137. The normalized spacial score (nSPS) is 22.9. The third-order valence-electron chi connectivity index (χ3n) is 5.62. The molecular weight excluding hydrogens is 312 g/mol. The second kappa shape index (κ2) is 3.50. The minimum absolute atomic E-state index is 0.240. The molecule has 120 valence electrons. The van der Waals surface area contributed by atoms with Crippen molar-refractivity contribution in [3.05, 3.63) is 33.8 Å².